The number of carbonyl (C=O) groups excluding carboxylic acids is 4. The number of nitrogens with zero attached hydrogens (tertiary/aromatic N) is 2. The molecule has 2 aromatic carbocycles. The Hall–Kier alpha value is -3.45. The first kappa shape index (κ1) is 22.3. The predicted octanol–water partition coefficient (Wildman–Crippen LogP) is 4.00. The summed E-state index contributed by atoms with van der Waals surface area (Å²) in [6.45, 7) is 2.14. The van der Waals surface area contributed by atoms with Crippen molar-refractivity contribution in [2.24, 2.45) is 23.7 Å². The van der Waals surface area contributed by atoms with Crippen LogP contribution in [0.25, 0.3) is 0 Å². The van der Waals surface area contributed by atoms with E-state index in [0.717, 1.165) is 0 Å². The zero-order chi connectivity index (χ0) is 24.0. The number of para-hydroxylation sites is 1. The van der Waals surface area contributed by atoms with E-state index in [2.05, 4.69) is 0 Å². The van der Waals surface area contributed by atoms with Crippen molar-refractivity contribution >= 4 is 46.7 Å². The van der Waals surface area contributed by atoms with Gasteiger partial charge in [0.05, 0.1) is 34.2 Å². The van der Waals surface area contributed by atoms with Crippen LogP contribution in [0, 0.1) is 23.7 Å². The number of amides is 3. The molecular weight excluding hydrogens is 456 g/mol. The van der Waals surface area contributed by atoms with Crippen LogP contribution in [-0.2, 0) is 19.2 Å². The summed E-state index contributed by atoms with van der Waals surface area (Å²) in [6.07, 6.45) is 4.55. The fraction of sp³-hybridized carbons (Fsp3) is 0.308. The minimum atomic E-state index is -0.623. The Labute approximate surface area is 201 Å². The highest BCUT2D eigenvalue weighted by Crippen LogP contribution is 2.40. The highest BCUT2D eigenvalue weighted by Gasteiger charge is 2.50. The predicted molar refractivity (Wildman–Crippen MR) is 126 cm³/mol. The fourth-order valence-electron chi connectivity index (χ4n) is 5.03. The van der Waals surface area contributed by atoms with Crippen molar-refractivity contribution in [3.05, 3.63) is 65.7 Å². The summed E-state index contributed by atoms with van der Waals surface area (Å²) in [5, 5.41) is 0.441. The van der Waals surface area contributed by atoms with Crippen LogP contribution in [0.3, 0.4) is 0 Å². The summed E-state index contributed by atoms with van der Waals surface area (Å²) in [7, 11) is 0. The Morgan fingerprint density at radius 1 is 1.03 bits per heavy atom. The van der Waals surface area contributed by atoms with Crippen LogP contribution in [-0.4, -0.2) is 30.2 Å². The van der Waals surface area contributed by atoms with Gasteiger partial charge in [0.2, 0.25) is 17.7 Å². The Kier molecular flexibility index (Phi) is 5.73. The van der Waals surface area contributed by atoms with Crippen molar-refractivity contribution in [1.29, 1.82) is 0 Å². The monoisotopic (exact) mass is 478 g/mol. The molecule has 0 spiro atoms. The number of hydrogen-bond donors (Lipinski definition) is 0. The molecule has 2 heterocycles. The molecule has 8 heteroatoms. The molecule has 0 bridgehead atoms. The van der Waals surface area contributed by atoms with Crippen molar-refractivity contribution in [3.63, 3.8) is 0 Å². The Balaban J connectivity index is 1.26. The molecule has 0 saturated carbocycles. The number of esters is 1. The van der Waals surface area contributed by atoms with E-state index in [-0.39, 0.29) is 54.2 Å². The fourth-order valence-corrected chi connectivity index (χ4v) is 5.27. The van der Waals surface area contributed by atoms with E-state index in [0.29, 0.717) is 22.8 Å². The summed E-state index contributed by atoms with van der Waals surface area (Å²) in [4.78, 5) is 53.7. The van der Waals surface area contributed by atoms with Crippen LogP contribution in [0.4, 0.5) is 11.4 Å². The Morgan fingerprint density at radius 2 is 1.76 bits per heavy atom. The Bertz CT molecular complexity index is 1210. The van der Waals surface area contributed by atoms with Gasteiger partial charge in [0.25, 0.3) is 0 Å². The third kappa shape index (κ3) is 3.80. The summed E-state index contributed by atoms with van der Waals surface area (Å²) in [6, 6.07) is 13.3. The van der Waals surface area contributed by atoms with Crippen LogP contribution in [0.5, 0.6) is 5.75 Å². The van der Waals surface area contributed by atoms with Gasteiger partial charge >= 0.3 is 5.97 Å². The minimum absolute atomic E-state index is 0.0138. The number of benzene rings is 2. The lowest BCUT2D eigenvalue weighted by Crippen LogP contribution is -2.31. The van der Waals surface area contributed by atoms with E-state index in [9.17, 15) is 19.2 Å². The summed E-state index contributed by atoms with van der Waals surface area (Å²) in [5.41, 5.74) is 1.02. The topological polar surface area (TPSA) is 84.0 Å². The van der Waals surface area contributed by atoms with E-state index in [1.165, 1.54) is 9.80 Å². The van der Waals surface area contributed by atoms with E-state index in [1.54, 1.807) is 48.5 Å². The molecule has 7 nitrogen and oxygen atoms in total. The van der Waals surface area contributed by atoms with Crippen molar-refractivity contribution in [2.75, 3.05) is 16.3 Å². The summed E-state index contributed by atoms with van der Waals surface area (Å²) in [5.74, 6) is -2.09. The molecule has 174 valence electrons. The lowest BCUT2D eigenvalue weighted by Gasteiger charge is -2.22. The maximum atomic E-state index is 12.9. The van der Waals surface area contributed by atoms with E-state index in [4.69, 9.17) is 16.3 Å². The molecule has 0 radical (unpaired) electrons. The van der Waals surface area contributed by atoms with E-state index < -0.39 is 11.9 Å². The van der Waals surface area contributed by atoms with Crippen molar-refractivity contribution < 1.29 is 23.9 Å². The maximum Gasteiger partial charge on any atom is 0.316 e. The van der Waals surface area contributed by atoms with Gasteiger partial charge in [-0.05, 0) is 48.7 Å². The van der Waals surface area contributed by atoms with Crippen LogP contribution in [0.2, 0.25) is 5.02 Å². The normalized spacial score (nSPS) is 26.2. The van der Waals surface area contributed by atoms with Gasteiger partial charge in [0.1, 0.15) is 5.75 Å². The molecule has 0 N–H and O–H groups in total. The number of imide groups is 1. The van der Waals surface area contributed by atoms with Gasteiger partial charge in [0.15, 0.2) is 0 Å². The number of halogens is 1. The number of hydrogen-bond acceptors (Lipinski definition) is 5. The van der Waals surface area contributed by atoms with Gasteiger partial charge in [-0.2, -0.15) is 0 Å². The minimum Gasteiger partial charge on any atom is -0.426 e. The van der Waals surface area contributed by atoms with Gasteiger partial charge in [-0.3, -0.25) is 24.1 Å². The number of ether oxygens (including phenoxy) is 1. The lowest BCUT2D eigenvalue weighted by atomic mass is 9.78. The zero-order valence-electron chi connectivity index (χ0n) is 18.5. The Morgan fingerprint density at radius 3 is 2.47 bits per heavy atom. The van der Waals surface area contributed by atoms with Gasteiger partial charge in [-0.25, -0.2) is 0 Å². The summed E-state index contributed by atoms with van der Waals surface area (Å²) < 4.78 is 5.49. The second-order valence-electron chi connectivity index (χ2n) is 8.94. The average molecular weight is 479 g/mol. The number of carbonyl (C=O) groups is 4. The molecule has 2 aromatic rings. The molecule has 4 atom stereocenters. The first-order chi connectivity index (χ1) is 16.3. The van der Waals surface area contributed by atoms with Gasteiger partial charge in [-0.1, -0.05) is 42.8 Å². The van der Waals surface area contributed by atoms with Crippen LogP contribution in [0.15, 0.2) is 60.7 Å². The number of anilines is 2. The van der Waals surface area contributed by atoms with Gasteiger partial charge < -0.3 is 9.64 Å². The standard InChI is InChI=1S/C26H23ClN2O5/c1-15-5-4-6-19-23(15)25(32)29(24(19)31)17-9-11-18(12-10-17)34-26(33)16-13-22(30)28(14-16)21-8-3-2-7-20(21)27/h2-5,7-12,15-16,19,23H,6,13-14H2,1H3/t15-,16+,19+,23-/m1/s1. The van der Waals surface area contributed by atoms with Gasteiger partial charge in [0, 0.05) is 13.0 Å². The van der Waals surface area contributed by atoms with Gasteiger partial charge in [-0.15, -0.1) is 0 Å². The molecule has 0 aromatic heterocycles. The molecule has 5 rings (SSSR count). The molecule has 3 aliphatic rings. The van der Waals surface area contributed by atoms with Crippen LogP contribution < -0.4 is 14.5 Å². The van der Waals surface area contributed by atoms with E-state index in [1.807, 2.05) is 19.1 Å². The third-order valence-corrected chi connectivity index (χ3v) is 7.11. The van der Waals surface area contributed by atoms with Crippen LogP contribution >= 0.6 is 11.6 Å². The molecule has 3 amide bonds. The second kappa shape index (κ2) is 8.72. The highest BCUT2D eigenvalue weighted by molar-refractivity contribution is 6.34. The third-order valence-electron chi connectivity index (χ3n) is 6.79. The van der Waals surface area contributed by atoms with Crippen molar-refractivity contribution in [2.45, 2.75) is 19.8 Å². The largest absolute Gasteiger partial charge is 0.426 e. The number of rotatable bonds is 4. The quantitative estimate of drug-likeness (QED) is 0.287. The van der Waals surface area contributed by atoms with Crippen LogP contribution in [0.1, 0.15) is 19.8 Å². The number of allylic oxidation sites excluding steroid dienone is 2. The SMILES string of the molecule is C[C@@H]1C=CC[C@@H]2C(=O)N(c3ccc(OC(=O)[C@H]4CC(=O)N(c5ccccc5Cl)C4)cc3)C(=O)[C@H]12. The smallest absolute Gasteiger partial charge is 0.316 e. The first-order valence-corrected chi connectivity index (χ1v) is 11.6. The highest BCUT2D eigenvalue weighted by atomic mass is 35.5. The number of fused-ring (bicyclic) bond motifs is 1. The molecule has 2 fully saturated rings. The molecule has 0 unspecified atom stereocenters. The van der Waals surface area contributed by atoms with E-state index >= 15 is 0 Å². The molecule has 34 heavy (non-hydrogen) atoms. The summed E-state index contributed by atoms with van der Waals surface area (Å²) >= 11 is 6.20. The molecule has 2 saturated heterocycles. The lowest BCUT2D eigenvalue weighted by molar-refractivity contribution is -0.139. The first-order valence-electron chi connectivity index (χ1n) is 11.3. The zero-order valence-corrected chi connectivity index (χ0v) is 19.3. The molecule has 2 aliphatic heterocycles. The van der Waals surface area contributed by atoms with Crippen molar-refractivity contribution in [1.82, 2.24) is 0 Å². The molecule has 1 aliphatic carbocycles. The molecular formula is C26H23ClN2O5. The van der Waals surface area contributed by atoms with Crippen molar-refractivity contribution in [3.8, 4) is 5.75 Å². The average Bonchev–Trinajstić information content (AvgIpc) is 3.33. The maximum absolute atomic E-state index is 12.9. The second-order valence-corrected chi connectivity index (χ2v) is 9.35.